The second-order valence-electron chi connectivity index (χ2n) is 8.50. The molecule has 194 valence electrons. The zero-order chi connectivity index (χ0) is 24.7. The van der Waals surface area contributed by atoms with E-state index in [0.717, 1.165) is 26.4 Å². The molecular weight excluding hydrogens is 434 g/mol. The number of aliphatic hydroxyl groups excluding tert-OH is 1. The Morgan fingerprint density at radius 2 is 1.25 bits per heavy atom. The molecule has 0 fully saturated rings. The van der Waals surface area contributed by atoms with Crippen LogP contribution in [0, 0.1) is 5.92 Å². The Labute approximate surface area is 196 Å². The summed E-state index contributed by atoms with van der Waals surface area (Å²) in [5.74, 6) is -1.01. The monoisotopic (exact) mass is 483 g/mol. The first kappa shape index (κ1) is 33.4. The number of hydrogen-bond donors (Lipinski definition) is 3. The lowest BCUT2D eigenvalue weighted by molar-refractivity contribution is -0.142. The highest BCUT2D eigenvalue weighted by molar-refractivity contribution is 7.80. The van der Waals surface area contributed by atoms with Crippen molar-refractivity contribution in [3.63, 3.8) is 0 Å². The Hall–Kier alpha value is -0.740. The van der Waals surface area contributed by atoms with Crippen LogP contribution < -0.4 is 0 Å². The SMILES string of the molecule is CCCCCCCCCCCCCCCCC(CN(C)CCO)C(=O)O.COS(=O)(=O)O. The van der Waals surface area contributed by atoms with E-state index in [9.17, 15) is 18.3 Å². The molecule has 0 aliphatic heterocycles. The lowest BCUT2D eigenvalue weighted by Gasteiger charge is -2.20. The maximum atomic E-state index is 11.3. The van der Waals surface area contributed by atoms with E-state index in [1.54, 1.807) is 0 Å². The first-order valence-electron chi connectivity index (χ1n) is 12.2. The molecule has 0 rings (SSSR count). The second kappa shape index (κ2) is 23.4. The number of nitrogens with zero attached hydrogens (tertiary/aromatic N) is 1. The van der Waals surface area contributed by atoms with Crippen molar-refractivity contribution in [3.05, 3.63) is 0 Å². The normalized spacial score (nSPS) is 12.4. The summed E-state index contributed by atoms with van der Waals surface area (Å²) >= 11 is 0. The second-order valence-corrected chi connectivity index (χ2v) is 9.69. The summed E-state index contributed by atoms with van der Waals surface area (Å²) in [5.41, 5.74) is 0. The molecule has 0 bridgehead atoms. The van der Waals surface area contributed by atoms with E-state index in [1.165, 1.54) is 77.0 Å². The third kappa shape index (κ3) is 27.3. The van der Waals surface area contributed by atoms with Crippen molar-refractivity contribution in [2.24, 2.45) is 5.92 Å². The van der Waals surface area contributed by atoms with E-state index < -0.39 is 16.4 Å². The predicted octanol–water partition coefficient (Wildman–Crippen LogP) is 4.92. The van der Waals surface area contributed by atoms with E-state index in [2.05, 4.69) is 11.1 Å². The Kier molecular flexibility index (Phi) is 24.5. The molecule has 0 heterocycles. The number of unbranched alkanes of at least 4 members (excludes halogenated alkanes) is 13. The molecule has 0 spiro atoms. The molecule has 1 unspecified atom stereocenters. The summed E-state index contributed by atoms with van der Waals surface area (Å²) in [7, 11) is -1.42. The van der Waals surface area contributed by atoms with Gasteiger partial charge in [0.15, 0.2) is 0 Å². The van der Waals surface area contributed by atoms with Crippen molar-refractivity contribution >= 4 is 16.4 Å². The van der Waals surface area contributed by atoms with Gasteiger partial charge in [0.25, 0.3) is 0 Å². The van der Waals surface area contributed by atoms with Crippen molar-refractivity contribution in [2.75, 3.05) is 33.9 Å². The van der Waals surface area contributed by atoms with Gasteiger partial charge in [-0.15, -0.1) is 0 Å². The molecule has 1 atom stereocenters. The van der Waals surface area contributed by atoms with Gasteiger partial charge in [0.05, 0.1) is 19.6 Å². The van der Waals surface area contributed by atoms with Gasteiger partial charge in [0.2, 0.25) is 0 Å². The number of carbonyl (C=O) groups is 1. The molecule has 32 heavy (non-hydrogen) atoms. The highest BCUT2D eigenvalue weighted by atomic mass is 32.3. The largest absolute Gasteiger partial charge is 0.481 e. The number of carboxylic acids is 1. The van der Waals surface area contributed by atoms with Gasteiger partial charge in [-0.3, -0.25) is 13.5 Å². The highest BCUT2D eigenvalue weighted by Crippen LogP contribution is 2.15. The Morgan fingerprint density at radius 1 is 0.875 bits per heavy atom. The minimum Gasteiger partial charge on any atom is -0.481 e. The fourth-order valence-electron chi connectivity index (χ4n) is 3.52. The lowest BCUT2D eigenvalue weighted by Crippen LogP contribution is -2.32. The van der Waals surface area contributed by atoms with Crippen molar-refractivity contribution in [1.82, 2.24) is 4.90 Å². The van der Waals surface area contributed by atoms with Gasteiger partial charge in [0, 0.05) is 13.1 Å². The maximum Gasteiger partial charge on any atom is 0.397 e. The first-order valence-corrected chi connectivity index (χ1v) is 13.6. The quantitative estimate of drug-likeness (QED) is 0.155. The molecule has 0 aliphatic carbocycles. The van der Waals surface area contributed by atoms with Crippen LogP contribution in [0.25, 0.3) is 0 Å². The van der Waals surface area contributed by atoms with Crippen molar-refractivity contribution in [2.45, 2.75) is 103 Å². The summed E-state index contributed by atoms with van der Waals surface area (Å²) in [6, 6.07) is 0. The summed E-state index contributed by atoms with van der Waals surface area (Å²) in [6.45, 7) is 3.43. The van der Waals surface area contributed by atoms with Gasteiger partial charge < -0.3 is 15.1 Å². The number of rotatable bonds is 21. The van der Waals surface area contributed by atoms with Gasteiger partial charge in [0.1, 0.15) is 0 Å². The van der Waals surface area contributed by atoms with Gasteiger partial charge in [-0.05, 0) is 13.5 Å². The first-order chi connectivity index (χ1) is 15.2. The van der Waals surface area contributed by atoms with Crippen LogP contribution in [0.1, 0.15) is 103 Å². The van der Waals surface area contributed by atoms with Crippen LogP contribution in [0.3, 0.4) is 0 Å². The Morgan fingerprint density at radius 3 is 1.56 bits per heavy atom. The molecule has 0 radical (unpaired) electrons. The number of aliphatic carboxylic acids is 1. The minimum atomic E-state index is -4.16. The van der Waals surface area contributed by atoms with E-state index >= 15 is 0 Å². The number of likely N-dealkylation sites (N-methyl/N-ethyl adjacent to an activating group) is 1. The van der Waals surface area contributed by atoms with E-state index in [-0.39, 0.29) is 12.5 Å². The molecule has 0 saturated heterocycles. The molecule has 0 saturated carbocycles. The molecule has 0 aromatic heterocycles. The van der Waals surface area contributed by atoms with Gasteiger partial charge in [-0.25, -0.2) is 0 Å². The van der Waals surface area contributed by atoms with Gasteiger partial charge in [-0.1, -0.05) is 96.8 Å². The van der Waals surface area contributed by atoms with E-state index in [0.29, 0.717) is 13.1 Å². The summed E-state index contributed by atoms with van der Waals surface area (Å²) in [4.78, 5) is 13.2. The minimum absolute atomic E-state index is 0.0850. The van der Waals surface area contributed by atoms with Crippen LogP contribution in [0.15, 0.2) is 0 Å². The third-order valence-corrected chi connectivity index (χ3v) is 5.90. The van der Waals surface area contributed by atoms with Crippen LogP contribution in [0.4, 0.5) is 0 Å². The zero-order valence-corrected chi connectivity index (χ0v) is 21.5. The van der Waals surface area contributed by atoms with Crippen LogP contribution in [0.2, 0.25) is 0 Å². The van der Waals surface area contributed by atoms with Crippen molar-refractivity contribution in [1.29, 1.82) is 0 Å². The zero-order valence-electron chi connectivity index (χ0n) is 20.6. The average Bonchev–Trinajstić information content (AvgIpc) is 2.73. The Balaban J connectivity index is 0. The van der Waals surface area contributed by atoms with Crippen LogP contribution in [-0.2, 0) is 19.4 Å². The molecule has 0 amide bonds. The van der Waals surface area contributed by atoms with E-state index in [4.69, 9.17) is 9.66 Å². The fourth-order valence-corrected chi connectivity index (χ4v) is 3.52. The van der Waals surface area contributed by atoms with Crippen molar-refractivity contribution < 1.29 is 32.2 Å². The average molecular weight is 484 g/mol. The van der Waals surface area contributed by atoms with Gasteiger partial charge >= 0.3 is 16.4 Å². The third-order valence-electron chi connectivity index (χ3n) is 5.48. The molecule has 0 aromatic rings. The van der Waals surface area contributed by atoms with Crippen LogP contribution in [-0.4, -0.2) is 67.9 Å². The molecule has 8 nitrogen and oxygen atoms in total. The topological polar surface area (TPSA) is 124 Å². The molecule has 0 aromatic carbocycles. The fraction of sp³-hybridized carbons (Fsp3) is 0.957. The van der Waals surface area contributed by atoms with Gasteiger partial charge in [-0.2, -0.15) is 8.42 Å². The number of hydrogen-bond acceptors (Lipinski definition) is 6. The molecule has 9 heteroatoms. The summed E-state index contributed by atoms with van der Waals surface area (Å²) < 4.78 is 29.7. The molecule has 3 N–H and O–H groups in total. The lowest BCUT2D eigenvalue weighted by atomic mass is 9.99. The van der Waals surface area contributed by atoms with Crippen molar-refractivity contribution in [3.8, 4) is 0 Å². The number of carboxylic acid groups (broad SMARTS) is 1. The summed E-state index contributed by atoms with van der Waals surface area (Å²) in [6.07, 6.45) is 19.3. The summed E-state index contributed by atoms with van der Waals surface area (Å²) in [5, 5.41) is 18.2. The maximum absolute atomic E-state index is 11.3. The van der Waals surface area contributed by atoms with Crippen LogP contribution >= 0.6 is 0 Å². The molecule has 0 aliphatic rings. The Bertz CT molecular complexity index is 514. The number of aliphatic hydroxyl groups is 1. The standard InChI is InChI=1S/C22H45NO3.CH4O4S/c1-3-4-5-6-7-8-9-10-11-12-13-14-15-16-17-21(22(25)26)20-23(2)18-19-24;1-5-6(2,3)4/h21,24H,3-20H2,1-2H3,(H,25,26);1H3,(H,2,3,4). The van der Waals surface area contributed by atoms with E-state index in [1.807, 2.05) is 11.9 Å². The van der Waals surface area contributed by atoms with Crippen LogP contribution in [0.5, 0.6) is 0 Å². The smallest absolute Gasteiger partial charge is 0.397 e. The molecular formula is C23H49NO7S. The predicted molar refractivity (Wildman–Crippen MR) is 129 cm³/mol. The highest BCUT2D eigenvalue weighted by Gasteiger charge is 2.18.